The van der Waals surface area contributed by atoms with Crippen molar-refractivity contribution in [2.24, 2.45) is 0 Å². The smallest absolute Gasteiger partial charge is 0.181 e. The molecular formula is C17H17N3. The Hall–Kier alpha value is -2.42. The number of rotatable bonds is 3. The maximum Gasteiger partial charge on any atom is 0.181 e. The van der Waals surface area contributed by atoms with E-state index < -0.39 is 0 Å². The summed E-state index contributed by atoms with van der Waals surface area (Å²) in [5.41, 5.74) is 4.89. The number of nitrogens with one attached hydrogen (secondary N) is 1. The van der Waals surface area contributed by atoms with Crippen LogP contribution in [-0.2, 0) is 6.42 Å². The molecule has 0 unspecified atom stereocenters. The molecule has 20 heavy (non-hydrogen) atoms. The number of aryl methyl sites for hydroxylation is 2. The molecule has 0 aliphatic heterocycles. The second-order valence-corrected chi connectivity index (χ2v) is 5.08. The zero-order valence-electron chi connectivity index (χ0n) is 11.7. The zero-order valence-corrected chi connectivity index (χ0v) is 11.7. The minimum Gasteiger partial charge on any atom is -0.262 e. The largest absolute Gasteiger partial charge is 0.262 e. The van der Waals surface area contributed by atoms with Gasteiger partial charge in [-0.1, -0.05) is 54.1 Å². The standard InChI is InChI=1S/C17H17N3/c1-12-8-9-13(2)15(10-12)11-16-18-17(20-19-16)14-6-4-3-5-7-14/h3-10H,11H2,1-2H3,(H,18,19,20). The van der Waals surface area contributed by atoms with Crippen LogP contribution in [0.25, 0.3) is 11.4 Å². The van der Waals surface area contributed by atoms with Crippen LogP contribution in [0.1, 0.15) is 22.5 Å². The molecule has 1 heterocycles. The average molecular weight is 263 g/mol. The molecule has 2 aromatic carbocycles. The van der Waals surface area contributed by atoms with Gasteiger partial charge in [-0.2, -0.15) is 5.10 Å². The Labute approximate surface area is 118 Å². The Morgan fingerprint density at radius 2 is 1.80 bits per heavy atom. The van der Waals surface area contributed by atoms with Crippen LogP contribution in [0.2, 0.25) is 0 Å². The lowest BCUT2D eigenvalue weighted by molar-refractivity contribution is 0.964. The molecule has 0 amide bonds. The van der Waals surface area contributed by atoms with E-state index in [2.05, 4.69) is 47.2 Å². The Morgan fingerprint density at radius 3 is 2.60 bits per heavy atom. The van der Waals surface area contributed by atoms with Gasteiger partial charge in [-0.15, -0.1) is 0 Å². The predicted molar refractivity (Wildman–Crippen MR) is 80.5 cm³/mol. The van der Waals surface area contributed by atoms with E-state index in [-0.39, 0.29) is 0 Å². The average Bonchev–Trinajstić information content (AvgIpc) is 2.92. The maximum absolute atomic E-state index is 4.58. The van der Waals surface area contributed by atoms with E-state index in [1.807, 2.05) is 30.3 Å². The van der Waals surface area contributed by atoms with Gasteiger partial charge in [0.1, 0.15) is 5.82 Å². The van der Waals surface area contributed by atoms with Gasteiger partial charge in [0.05, 0.1) is 0 Å². The van der Waals surface area contributed by atoms with Crippen molar-refractivity contribution in [3.05, 3.63) is 71.0 Å². The Balaban J connectivity index is 1.86. The molecule has 0 atom stereocenters. The molecular weight excluding hydrogens is 246 g/mol. The molecule has 0 spiro atoms. The van der Waals surface area contributed by atoms with Crippen LogP contribution in [0.15, 0.2) is 48.5 Å². The highest BCUT2D eigenvalue weighted by molar-refractivity contribution is 5.54. The van der Waals surface area contributed by atoms with E-state index >= 15 is 0 Å². The summed E-state index contributed by atoms with van der Waals surface area (Å²) in [6.45, 7) is 4.24. The van der Waals surface area contributed by atoms with Gasteiger partial charge in [0.25, 0.3) is 0 Å². The number of hydrogen-bond acceptors (Lipinski definition) is 2. The third-order valence-electron chi connectivity index (χ3n) is 3.43. The van der Waals surface area contributed by atoms with Gasteiger partial charge >= 0.3 is 0 Å². The Morgan fingerprint density at radius 1 is 1.00 bits per heavy atom. The highest BCUT2D eigenvalue weighted by Gasteiger charge is 2.07. The fourth-order valence-corrected chi connectivity index (χ4v) is 2.26. The van der Waals surface area contributed by atoms with Gasteiger partial charge in [0, 0.05) is 12.0 Å². The molecule has 0 saturated carbocycles. The number of benzene rings is 2. The number of aromatic amines is 1. The maximum atomic E-state index is 4.58. The first-order chi connectivity index (χ1) is 9.72. The van der Waals surface area contributed by atoms with Gasteiger partial charge < -0.3 is 0 Å². The van der Waals surface area contributed by atoms with Crippen LogP contribution in [-0.4, -0.2) is 15.2 Å². The Kier molecular flexibility index (Phi) is 3.33. The van der Waals surface area contributed by atoms with Crippen molar-refractivity contribution in [2.75, 3.05) is 0 Å². The number of H-pyrrole nitrogens is 1. The lowest BCUT2D eigenvalue weighted by atomic mass is 10.0. The molecule has 1 N–H and O–H groups in total. The SMILES string of the molecule is Cc1ccc(C)c(Cc2nc(-c3ccccc3)n[nH]2)c1. The van der Waals surface area contributed by atoms with Gasteiger partial charge in [-0.05, 0) is 25.0 Å². The number of hydrogen-bond donors (Lipinski definition) is 1. The quantitative estimate of drug-likeness (QED) is 0.783. The summed E-state index contributed by atoms with van der Waals surface area (Å²) < 4.78 is 0. The van der Waals surface area contributed by atoms with E-state index in [1.54, 1.807) is 0 Å². The Bertz CT molecular complexity index is 714. The molecule has 0 fully saturated rings. The first kappa shape index (κ1) is 12.6. The fourth-order valence-electron chi connectivity index (χ4n) is 2.26. The molecule has 0 aliphatic rings. The molecule has 0 radical (unpaired) electrons. The van der Waals surface area contributed by atoms with E-state index in [0.29, 0.717) is 0 Å². The molecule has 3 rings (SSSR count). The third-order valence-corrected chi connectivity index (χ3v) is 3.43. The summed E-state index contributed by atoms with van der Waals surface area (Å²) in [4.78, 5) is 4.58. The van der Waals surface area contributed by atoms with Gasteiger partial charge in [-0.3, -0.25) is 5.10 Å². The molecule has 0 saturated heterocycles. The number of aromatic nitrogens is 3. The number of nitrogens with zero attached hydrogens (tertiary/aromatic N) is 2. The first-order valence-electron chi connectivity index (χ1n) is 6.75. The van der Waals surface area contributed by atoms with E-state index in [0.717, 1.165) is 23.6 Å². The van der Waals surface area contributed by atoms with E-state index in [1.165, 1.54) is 16.7 Å². The molecule has 100 valence electrons. The van der Waals surface area contributed by atoms with Crippen LogP contribution in [0.3, 0.4) is 0 Å². The molecule has 3 heteroatoms. The second kappa shape index (κ2) is 5.29. The van der Waals surface area contributed by atoms with Gasteiger partial charge in [0.15, 0.2) is 5.82 Å². The van der Waals surface area contributed by atoms with Crippen molar-refractivity contribution >= 4 is 0 Å². The monoisotopic (exact) mass is 263 g/mol. The van der Waals surface area contributed by atoms with Crippen LogP contribution in [0, 0.1) is 13.8 Å². The van der Waals surface area contributed by atoms with Gasteiger partial charge in [0.2, 0.25) is 0 Å². The summed E-state index contributed by atoms with van der Waals surface area (Å²) >= 11 is 0. The molecule has 3 nitrogen and oxygen atoms in total. The van der Waals surface area contributed by atoms with Crippen LogP contribution in [0.4, 0.5) is 0 Å². The summed E-state index contributed by atoms with van der Waals surface area (Å²) in [5, 5.41) is 7.34. The third kappa shape index (κ3) is 2.62. The molecule has 0 aliphatic carbocycles. The van der Waals surface area contributed by atoms with Crippen molar-refractivity contribution in [3.63, 3.8) is 0 Å². The second-order valence-electron chi connectivity index (χ2n) is 5.08. The van der Waals surface area contributed by atoms with Crippen molar-refractivity contribution < 1.29 is 0 Å². The normalized spacial score (nSPS) is 10.7. The first-order valence-corrected chi connectivity index (χ1v) is 6.75. The van der Waals surface area contributed by atoms with Crippen molar-refractivity contribution in [1.29, 1.82) is 0 Å². The lowest BCUT2D eigenvalue weighted by Crippen LogP contribution is -1.95. The van der Waals surface area contributed by atoms with Crippen LogP contribution < -0.4 is 0 Å². The lowest BCUT2D eigenvalue weighted by Gasteiger charge is -2.04. The molecule has 3 aromatic rings. The van der Waals surface area contributed by atoms with E-state index in [4.69, 9.17) is 0 Å². The summed E-state index contributed by atoms with van der Waals surface area (Å²) in [6, 6.07) is 16.5. The predicted octanol–water partition coefficient (Wildman–Crippen LogP) is 3.68. The minimum absolute atomic E-state index is 0.755. The van der Waals surface area contributed by atoms with Crippen LogP contribution >= 0.6 is 0 Å². The topological polar surface area (TPSA) is 41.6 Å². The minimum atomic E-state index is 0.755. The van der Waals surface area contributed by atoms with Crippen molar-refractivity contribution in [2.45, 2.75) is 20.3 Å². The molecule has 1 aromatic heterocycles. The molecule has 0 bridgehead atoms. The summed E-state index contributed by atoms with van der Waals surface area (Å²) in [5.74, 6) is 1.66. The fraction of sp³-hybridized carbons (Fsp3) is 0.176. The summed E-state index contributed by atoms with van der Waals surface area (Å²) in [7, 11) is 0. The zero-order chi connectivity index (χ0) is 13.9. The highest BCUT2D eigenvalue weighted by atomic mass is 15.2. The van der Waals surface area contributed by atoms with E-state index in [9.17, 15) is 0 Å². The van der Waals surface area contributed by atoms with Crippen molar-refractivity contribution in [1.82, 2.24) is 15.2 Å². The van der Waals surface area contributed by atoms with Gasteiger partial charge in [-0.25, -0.2) is 4.98 Å². The summed E-state index contributed by atoms with van der Waals surface area (Å²) in [6.07, 6.45) is 0.785. The van der Waals surface area contributed by atoms with Crippen LogP contribution in [0.5, 0.6) is 0 Å². The van der Waals surface area contributed by atoms with Crippen molar-refractivity contribution in [3.8, 4) is 11.4 Å². The highest BCUT2D eigenvalue weighted by Crippen LogP contribution is 2.17.